The molecule has 0 radical (unpaired) electrons. The number of hydrogen-bond donors (Lipinski definition) is 0. The number of piperidine rings is 1. The molecule has 1 saturated heterocycles. The van der Waals surface area contributed by atoms with E-state index >= 15 is 0 Å². The molecule has 2 aliphatic rings. The minimum absolute atomic E-state index is 0.00506. The lowest BCUT2D eigenvalue weighted by atomic mass is 9.61. The molecule has 0 spiro atoms. The number of ether oxygens (including phenoxy) is 1. The maximum absolute atomic E-state index is 12.3. The summed E-state index contributed by atoms with van der Waals surface area (Å²) in [6.45, 7) is 3.32. The first-order chi connectivity index (χ1) is 10.9. The lowest BCUT2D eigenvalue weighted by Gasteiger charge is -2.57. The molecule has 2 bridgehead atoms. The van der Waals surface area contributed by atoms with Crippen molar-refractivity contribution in [2.45, 2.75) is 37.3 Å². The molecule has 3 rings (SSSR count). The zero-order valence-corrected chi connectivity index (χ0v) is 15.1. The normalized spacial score (nSPS) is 29.8. The van der Waals surface area contributed by atoms with Crippen LogP contribution in [-0.2, 0) is 16.6 Å². The molecule has 126 valence electrons. The highest BCUT2D eigenvalue weighted by molar-refractivity contribution is 6.27. The molecule has 3 atom stereocenters. The van der Waals surface area contributed by atoms with Crippen molar-refractivity contribution < 1.29 is 9.53 Å². The minimum Gasteiger partial charge on any atom is -0.497 e. The topological polar surface area (TPSA) is 32.8 Å². The van der Waals surface area contributed by atoms with Crippen molar-refractivity contribution in [2.24, 2.45) is 0 Å². The fourth-order valence-corrected chi connectivity index (χ4v) is 4.69. The van der Waals surface area contributed by atoms with Crippen LogP contribution in [0.25, 0.3) is 0 Å². The number of likely N-dealkylation sites (tertiary alicyclic amines) is 1. The molecule has 3 unspecified atom stereocenters. The summed E-state index contributed by atoms with van der Waals surface area (Å²) in [6, 6.07) is 6.83. The SMILES string of the molecule is COc1ccc2c(c1)C1(C)CCN(C)C(C2)C1N(C)C(=O)CCl. The van der Waals surface area contributed by atoms with Gasteiger partial charge in [0.25, 0.3) is 0 Å². The fourth-order valence-electron chi connectivity index (χ4n) is 4.50. The number of halogens is 1. The first kappa shape index (κ1) is 16.6. The number of methoxy groups -OCH3 is 1. The van der Waals surface area contributed by atoms with E-state index in [-0.39, 0.29) is 23.2 Å². The van der Waals surface area contributed by atoms with E-state index in [1.807, 2.05) is 18.0 Å². The van der Waals surface area contributed by atoms with Gasteiger partial charge in [-0.1, -0.05) is 13.0 Å². The Morgan fingerprint density at radius 2 is 2.26 bits per heavy atom. The maximum atomic E-state index is 12.3. The van der Waals surface area contributed by atoms with E-state index in [1.165, 1.54) is 11.1 Å². The van der Waals surface area contributed by atoms with Gasteiger partial charge in [0.15, 0.2) is 0 Å². The van der Waals surface area contributed by atoms with Gasteiger partial charge in [-0.05, 0) is 49.7 Å². The summed E-state index contributed by atoms with van der Waals surface area (Å²) in [5.74, 6) is 0.909. The van der Waals surface area contributed by atoms with Crippen LogP contribution in [0.5, 0.6) is 5.75 Å². The Balaban J connectivity index is 2.11. The number of carbonyl (C=O) groups excluding carboxylic acids is 1. The van der Waals surface area contributed by atoms with Crippen LogP contribution in [0.2, 0.25) is 0 Å². The third kappa shape index (κ3) is 2.52. The summed E-state index contributed by atoms with van der Waals surface area (Å²) < 4.78 is 5.44. The first-order valence-corrected chi connectivity index (χ1v) is 8.65. The molecule has 0 saturated carbocycles. The zero-order chi connectivity index (χ0) is 16.8. The van der Waals surface area contributed by atoms with Gasteiger partial charge in [-0.3, -0.25) is 4.79 Å². The van der Waals surface area contributed by atoms with E-state index in [0.717, 1.165) is 25.1 Å². The van der Waals surface area contributed by atoms with Crippen LogP contribution in [-0.4, -0.2) is 61.4 Å². The molecule has 1 heterocycles. The van der Waals surface area contributed by atoms with Crippen LogP contribution < -0.4 is 4.74 Å². The molecule has 1 fully saturated rings. The second-order valence-corrected chi connectivity index (χ2v) is 7.29. The van der Waals surface area contributed by atoms with E-state index in [2.05, 4.69) is 31.0 Å². The van der Waals surface area contributed by atoms with Crippen molar-refractivity contribution >= 4 is 17.5 Å². The predicted molar refractivity (Wildman–Crippen MR) is 92.4 cm³/mol. The molecular formula is C18H25ClN2O2. The number of fused-ring (bicyclic) bond motifs is 4. The lowest BCUT2D eigenvalue weighted by Crippen LogP contribution is -2.67. The summed E-state index contributed by atoms with van der Waals surface area (Å²) in [7, 11) is 5.75. The van der Waals surface area contributed by atoms with Gasteiger partial charge in [0.1, 0.15) is 11.6 Å². The van der Waals surface area contributed by atoms with Crippen LogP contribution in [0.3, 0.4) is 0 Å². The van der Waals surface area contributed by atoms with Crippen molar-refractivity contribution in [3.05, 3.63) is 29.3 Å². The van der Waals surface area contributed by atoms with Crippen molar-refractivity contribution in [1.29, 1.82) is 0 Å². The van der Waals surface area contributed by atoms with E-state index in [0.29, 0.717) is 6.04 Å². The standard InChI is InChI=1S/C18H25ClN2O2/c1-18-7-8-20(2)15(17(18)21(3)16(22)11-19)9-12-5-6-13(23-4)10-14(12)18/h5-6,10,15,17H,7-9,11H2,1-4H3. The summed E-state index contributed by atoms with van der Waals surface area (Å²) in [6.07, 6.45) is 1.97. The molecule has 5 heteroatoms. The number of amides is 1. The van der Waals surface area contributed by atoms with Gasteiger partial charge in [-0.2, -0.15) is 0 Å². The highest BCUT2D eigenvalue weighted by Gasteiger charge is 2.52. The molecule has 4 nitrogen and oxygen atoms in total. The quantitative estimate of drug-likeness (QED) is 0.794. The van der Waals surface area contributed by atoms with Crippen LogP contribution in [0.1, 0.15) is 24.5 Å². The molecular weight excluding hydrogens is 312 g/mol. The smallest absolute Gasteiger partial charge is 0.237 e. The van der Waals surface area contributed by atoms with E-state index in [9.17, 15) is 4.79 Å². The molecule has 0 aromatic heterocycles. The van der Waals surface area contributed by atoms with Gasteiger partial charge < -0.3 is 14.5 Å². The third-order valence-electron chi connectivity index (χ3n) is 5.85. The third-order valence-corrected chi connectivity index (χ3v) is 6.08. The number of likely N-dealkylation sites (N-methyl/N-ethyl adjacent to an activating group) is 2. The molecule has 1 aliphatic heterocycles. The number of nitrogens with zero attached hydrogens (tertiary/aromatic N) is 2. The van der Waals surface area contributed by atoms with E-state index in [1.54, 1.807) is 7.11 Å². The number of alkyl halides is 1. The van der Waals surface area contributed by atoms with Crippen molar-refractivity contribution in [2.75, 3.05) is 33.6 Å². The summed E-state index contributed by atoms with van der Waals surface area (Å²) in [4.78, 5) is 16.5. The summed E-state index contributed by atoms with van der Waals surface area (Å²) in [5, 5.41) is 0. The molecule has 1 amide bonds. The van der Waals surface area contributed by atoms with Gasteiger partial charge in [0.05, 0.1) is 13.2 Å². The van der Waals surface area contributed by atoms with E-state index in [4.69, 9.17) is 16.3 Å². The molecule has 1 aromatic carbocycles. The van der Waals surface area contributed by atoms with Gasteiger partial charge in [-0.15, -0.1) is 11.6 Å². The fraction of sp³-hybridized carbons (Fsp3) is 0.611. The second-order valence-electron chi connectivity index (χ2n) is 7.03. The minimum atomic E-state index is -0.0736. The highest BCUT2D eigenvalue weighted by atomic mass is 35.5. The number of benzene rings is 1. The van der Waals surface area contributed by atoms with Crippen LogP contribution in [0, 0.1) is 0 Å². The molecule has 1 aromatic rings. The average molecular weight is 337 g/mol. The van der Waals surface area contributed by atoms with Crippen molar-refractivity contribution in [3.63, 3.8) is 0 Å². The summed E-state index contributed by atoms with van der Waals surface area (Å²) in [5.41, 5.74) is 2.61. The van der Waals surface area contributed by atoms with Crippen molar-refractivity contribution in [1.82, 2.24) is 9.80 Å². The number of hydrogen-bond acceptors (Lipinski definition) is 3. The lowest BCUT2D eigenvalue weighted by molar-refractivity contribution is -0.134. The Hall–Kier alpha value is -1.26. The predicted octanol–water partition coefficient (Wildman–Crippen LogP) is 2.28. The Morgan fingerprint density at radius 1 is 1.52 bits per heavy atom. The van der Waals surface area contributed by atoms with Crippen LogP contribution in [0.15, 0.2) is 18.2 Å². The van der Waals surface area contributed by atoms with E-state index < -0.39 is 0 Å². The summed E-state index contributed by atoms with van der Waals surface area (Å²) >= 11 is 5.83. The maximum Gasteiger partial charge on any atom is 0.237 e. The van der Waals surface area contributed by atoms with Crippen LogP contribution >= 0.6 is 11.6 Å². The second kappa shape index (κ2) is 5.99. The first-order valence-electron chi connectivity index (χ1n) is 8.11. The van der Waals surface area contributed by atoms with Gasteiger partial charge in [0.2, 0.25) is 5.91 Å². The number of rotatable bonds is 3. The van der Waals surface area contributed by atoms with Gasteiger partial charge >= 0.3 is 0 Å². The van der Waals surface area contributed by atoms with Gasteiger partial charge in [-0.25, -0.2) is 0 Å². The Bertz CT molecular complexity index is 621. The zero-order valence-electron chi connectivity index (χ0n) is 14.3. The van der Waals surface area contributed by atoms with Crippen LogP contribution in [0.4, 0.5) is 0 Å². The number of carbonyl (C=O) groups is 1. The highest BCUT2D eigenvalue weighted by Crippen LogP contribution is 2.47. The Morgan fingerprint density at radius 3 is 2.91 bits per heavy atom. The van der Waals surface area contributed by atoms with Gasteiger partial charge in [0, 0.05) is 18.5 Å². The monoisotopic (exact) mass is 336 g/mol. The largest absolute Gasteiger partial charge is 0.497 e. The molecule has 23 heavy (non-hydrogen) atoms. The average Bonchev–Trinajstić information content (AvgIpc) is 2.57. The molecule has 1 aliphatic carbocycles. The Kier molecular flexibility index (Phi) is 4.32. The Labute approximate surface area is 143 Å². The molecule has 0 N–H and O–H groups in total. The van der Waals surface area contributed by atoms with Crippen molar-refractivity contribution in [3.8, 4) is 5.75 Å².